The maximum absolute atomic E-state index is 11.1. The van der Waals surface area contributed by atoms with E-state index in [1.807, 2.05) is 36.4 Å². The second kappa shape index (κ2) is 7.48. The minimum atomic E-state index is -0.185. The number of carbonyl (C=O) groups is 1. The Morgan fingerprint density at radius 3 is 2.43 bits per heavy atom. The van der Waals surface area contributed by atoms with E-state index in [4.69, 9.17) is 4.74 Å². The fraction of sp³-hybridized carbons (Fsp3) is 0.278. The maximum atomic E-state index is 11.1. The number of methoxy groups -OCH3 is 1. The Labute approximate surface area is 125 Å². The summed E-state index contributed by atoms with van der Waals surface area (Å²) in [6.45, 7) is 2.64. The number of aryl methyl sites for hydroxylation is 2. The Morgan fingerprint density at radius 2 is 1.76 bits per heavy atom. The summed E-state index contributed by atoms with van der Waals surface area (Å²) in [4.78, 5) is 11.1. The van der Waals surface area contributed by atoms with Crippen molar-refractivity contribution in [2.24, 2.45) is 0 Å². The van der Waals surface area contributed by atoms with Gasteiger partial charge in [0.2, 0.25) is 0 Å². The van der Waals surface area contributed by atoms with Gasteiger partial charge < -0.3 is 9.47 Å². The Balaban J connectivity index is 1.88. The molecule has 0 atom stereocenters. The standard InChI is InChI=1S/C18H20O3/c1-14-5-3-4-6-16(14)13-21-17-10-7-15(8-11-17)9-12-18(19)20-2/h3-8,10-11H,9,12-13H2,1-2H3. The molecule has 21 heavy (non-hydrogen) atoms. The van der Waals surface area contributed by atoms with E-state index in [1.54, 1.807) is 0 Å². The van der Waals surface area contributed by atoms with Gasteiger partial charge in [-0.05, 0) is 42.2 Å². The van der Waals surface area contributed by atoms with Crippen molar-refractivity contribution >= 4 is 5.97 Å². The molecule has 0 fully saturated rings. The van der Waals surface area contributed by atoms with Gasteiger partial charge in [0.1, 0.15) is 12.4 Å². The fourth-order valence-electron chi connectivity index (χ4n) is 2.03. The van der Waals surface area contributed by atoms with Gasteiger partial charge in [-0.3, -0.25) is 4.79 Å². The molecule has 2 aromatic carbocycles. The summed E-state index contributed by atoms with van der Waals surface area (Å²) >= 11 is 0. The molecule has 0 aliphatic carbocycles. The second-order valence-electron chi connectivity index (χ2n) is 4.94. The quantitative estimate of drug-likeness (QED) is 0.759. The summed E-state index contributed by atoms with van der Waals surface area (Å²) in [5.74, 6) is 0.648. The third kappa shape index (κ3) is 4.63. The number of ether oxygens (including phenoxy) is 2. The zero-order chi connectivity index (χ0) is 15.1. The van der Waals surface area contributed by atoms with Crippen molar-refractivity contribution in [2.75, 3.05) is 7.11 Å². The minimum Gasteiger partial charge on any atom is -0.489 e. The highest BCUT2D eigenvalue weighted by molar-refractivity contribution is 5.69. The molecule has 0 aliphatic heterocycles. The van der Waals surface area contributed by atoms with Gasteiger partial charge in [-0.15, -0.1) is 0 Å². The third-order valence-electron chi connectivity index (χ3n) is 3.42. The molecule has 2 rings (SSSR count). The van der Waals surface area contributed by atoms with Crippen molar-refractivity contribution in [3.8, 4) is 5.75 Å². The molecule has 3 nitrogen and oxygen atoms in total. The smallest absolute Gasteiger partial charge is 0.305 e. The lowest BCUT2D eigenvalue weighted by atomic mass is 10.1. The Hall–Kier alpha value is -2.29. The Morgan fingerprint density at radius 1 is 1.05 bits per heavy atom. The molecular formula is C18H20O3. The molecule has 0 N–H and O–H groups in total. The van der Waals surface area contributed by atoms with Gasteiger partial charge in [0.05, 0.1) is 7.11 Å². The van der Waals surface area contributed by atoms with Crippen molar-refractivity contribution in [2.45, 2.75) is 26.4 Å². The van der Waals surface area contributed by atoms with Gasteiger partial charge in [0.25, 0.3) is 0 Å². The summed E-state index contributed by atoms with van der Waals surface area (Å²) in [5.41, 5.74) is 3.52. The van der Waals surface area contributed by atoms with Crippen molar-refractivity contribution in [1.82, 2.24) is 0 Å². The largest absolute Gasteiger partial charge is 0.489 e. The topological polar surface area (TPSA) is 35.5 Å². The molecule has 0 spiro atoms. The monoisotopic (exact) mass is 284 g/mol. The van der Waals surface area contributed by atoms with Crippen molar-refractivity contribution in [1.29, 1.82) is 0 Å². The van der Waals surface area contributed by atoms with Crippen LogP contribution in [0.15, 0.2) is 48.5 Å². The third-order valence-corrected chi connectivity index (χ3v) is 3.42. The van der Waals surface area contributed by atoms with Crippen LogP contribution in [0.4, 0.5) is 0 Å². The van der Waals surface area contributed by atoms with E-state index in [0.29, 0.717) is 19.4 Å². The molecule has 2 aromatic rings. The number of benzene rings is 2. The average Bonchev–Trinajstić information content (AvgIpc) is 2.53. The molecule has 3 heteroatoms. The van der Waals surface area contributed by atoms with Crippen molar-refractivity contribution < 1.29 is 14.3 Å². The molecule has 110 valence electrons. The first-order valence-corrected chi connectivity index (χ1v) is 7.02. The van der Waals surface area contributed by atoms with E-state index < -0.39 is 0 Å². The lowest BCUT2D eigenvalue weighted by molar-refractivity contribution is -0.140. The Bertz CT molecular complexity index is 588. The molecule has 0 bridgehead atoms. The second-order valence-corrected chi connectivity index (χ2v) is 4.94. The van der Waals surface area contributed by atoms with E-state index in [-0.39, 0.29) is 5.97 Å². The first-order valence-electron chi connectivity index (χ1n) is 7.02. The van der Waals surface area contributed by atoms with Gasteiger partial charge >= 0.3 is 5.97 Å². The van der Waals surface area contributed by atoms with E-state index in [9.17, 15) is 4.79 Å². The summed E-state index contributed by atoms with van der Waals surface area (Å²) < 4.78 is 10.4. The molecule has 0 saturated heterocycles. The zero-order valence-corrected chi connectivity index (χ0v) is 12.5. The maximum Gasteiger partial charge on any atom is 0.305 e. The van der Waals surface area contributed by atoms with Crippen LogP contribution >= 0.6 is 0 Å². The molecule has 0 radical (unpaired) electrons. The van der Waals surface area contributed by atoms with E-state index >= 15 is 0 Å². The summed E-state index contributed by atoms with van der Waals surface area (Å²) in [6.07, 6.45) is 1.09. The minimum absolute atomic E-state index is 0.185. The zero-order valence-electron chi connectivity index (χ0n) is 12.5. The van der Waals surface area contributed by atoms with Gasteiger partial charge in [-0.1, -0.05) is 36.4 Å². The van der Waals surface area contributed by atoms with Crippen molar-refractivity contribution in [3.05, 3.63) is 65.2 Å². The molecule has 0 unspecified atom stereocenters. The van der Waals surface area contributed by atoms with Crippen LogP contribution in [0.25, 0.3) is 0 Å². The van der Waals surface area contributed by atoms with E-state index in [2.05, 4.69) is 23.8 Å². The molecule has 0 aromatic heterocycles. The van der Waals surface area contributed by atoms with Gasteiger partial charge in [0, 0.05) is 6.42 Å². The summed E-state index contributed by atoms with van der Waals surface area (Å²) in [6, 6.07) is 16.0. The highest BCUT2D eigenvalue weighted by Gasteiger charge is 2.02. The normalized spacial score (nSPS) is 10.2. The Kier molecular flexibility index (Phi) is 5.38. The van der Waals surface area contributed by atoms with Crippen LogP contribution in [0.5, 0.6) is 5.75 Å². The fourth-order valence-corrected chi connectivity index (χ4v) is 2.03. The predicted molar refractivity (Wildman–Crippen MR) is 82.3 cm³/mol. The van der Waals surface area contributed by atoms with Crippen LogP contribution in [-0.2, 0) is 22.6 Å². The van der Waals surface area contributed by atoms with Crippen molar-refractivity contribution in [3.63, 3.8) is 0 Å². The number of esters is 1. The van der Waals surface area contributed by atoms with Crippen LogP contribution in [0, 0.1) is 6.92 Å². The lowest BCUT2D eigenvalue weighted by Crippen LogP contribution is -2.02. The van der Waals surface area contributed by atoms with Crippen LogP contribution in [-0.4, -0.2) is 13.1 Å². The predicted octanol–water partition coefficient (Wildman–Crippen LogP) is 3.68. The van der Waals surface area contributed by atoms with Gasteiger partial charge in [-0.25, -0.2) is 0 Å². The van der Waals surface area contributed by atoms with Gasteiger partial charge in [0.15, 0.2) is 0 Å². The van der Waals surface area contributed by atoms with Crippen LogP contribution in [0.3, 0.4) is 0 Å². The average molecular weight is 284 g/mol. The summed E-state index contributed by atoms with van der Waals surface area (Å²) in [5, 5.41) is 0. The molecule has 0 saturated carbocycles. The van der Waals surface area contributed by atoms with E-state index in [0.717, 1.165) is 11.3 Å². The number of rotatable bonds is 6. The first kappa shape index (κ1) is 15.1. The highest BCUT2D eigenvalue weighted by Crippen LogP contribution is 2.16. The first-order chi connectivity index (χ1) is 10.2. The van der Waals surface area contributed by atoms with E-state index in [1.165, 1.54) is 18.2 Å². The number of hydrogen-bond donors (Lipinski definition) is 0. The van der Waals surface area contributed by atoms with Gasteiger partial charge in [-0.2, -0.15) is 0 Å². The number of carbonyl (C=O) groups excluding carboxylic acids is 1. The SMILES string of the molecule is COC(=O)CCc1ccc(OCc2ccccc2C)cc1. The van der Waals surface area contributed by atoms with Crippen LogP contribution in [0.1, 0.15) is 23.1 Å². The number of hydrogen-bond acceptors (Lipinski definition) is 3. The highest BCUT2D eigenvalue weighted by atomic mass is 16.5. The molecular weight excluding hydrogens is 264 g/mol. The molecule has 0 heterocycles. The summed E-state index contributed by atoms with van der Waals surface area (Å²) in [7, 11) is 1.41. The van der Waals surface area contributed by atoms with Crippen LogP contribution in [0.2, 0.25) is 0 Å². The molecule has 0 aliphatic rings. The van der Waals surface area contributed by atoms with Crippen LogP contribution < -0.4 is 4.74 Å². The lowest BCUT2D eigenvalue weighted by Gasteiger charge is -2.09. The molecule has 0 amide bonds.